The maximum absolute atomic E-state index is 12.7. The fourth-order valence-electron chi connectivity index (χ4n) is 3.49. The average molecular weight is 282 g/mol. The molecule has 2 saturated heterocycles. The van der Waals surface area contributed by atoms with E-state index in [1.807, 2.05) is 23.1 Å². The van der Waals surface area contributed by atoms with Crippen LogP contribution in [0.15, 0.2) is 30.6 Å². The van der Waals surface area contributed by atoms with Crippen LogP contribution >= 0.6 is 0 Å². The minimum Gasteiger partial charge on any atom is -0.337 e. The van der Waals surface area contributed by atoms with Crippen molar-refractivity contribution in [2.75, 3.05) is 19.6 Å². The third-order valence-electron chi connectivity index (χ3n) is 4.60. The average Bonchev–Trinajstić information content (AvgIpc) is 2.97. The van der Waals surface area contributed by atoms with Gasteiger partial charge in [0.1, 0.15) is 0 Å². The normalized spacial score (nSPS) is 25.0. The molecule has 21 heavy (non-hydrogen) atoms. The van der Waals surface area contributed by atoms with Crippen LogP contribution in [0.2, 0.25) is 0 Å². The van der Waals surface area contributed by atoms with Gasteiger partial charge in [-0.3, -0.25) is 14.8 Å². The summed E-state index contributed by atoms with van der Waals surface area (Å²) >= 11 is 0. The van der Waals surface area contributed by atoms with E-state index in [2.05, 4.69) is 15.3 Å². The Balaban J connectivity index is 1.58. The number of nitrogens with zero attached hydrogens (tertiary/aromatic N) is 3. The standard InChI is InChI=1S/C16H18N4O/c21-16(20-9-12-2-1-5-17-15(12)10-20)11-3-4-13-14(8-11)19-7-6-18-13/h3-4,6-8,12,15,17H,1-2,5,9-10H2. The number of rotatable bonds is 1. The zero-order valence-electron chi connectivity index (χ0n) is 11.8. The maximum Gasteiger partial charge on any atom is 0.253 e. The second-order valence-corrected chi connectivity index (χ2v) is 5.93. The first-order chi connectivity index (χ1) is 10.3. The largest absolute Gasteiger partial charge is 0.337 e. The van der Waals surface area contributed by atoms with Crippen LogP contribution < -0.4 is 5.32 Å². The highest BCUT2D eigenvalue weighted by molar-refractivity contribution is 5.97. The molecule has 5 nitrogen and oxygen atoms in total. The predicted molar refractivity (Wildman–Crippen MR) is 80.0 cm³/mol. The van der Waals surface area contributed by atoms with Crippen molar-refractivity contribution in [3.8, 4) is 0 Å². The monoisotopic (exact) mass is 282 g/mol. The van der Waals surface area contributed by atoms with E-state index in [4.69, 9.17) is 0 Å². The smallest absolute Gasteiger partial charge is 0.253 e. The molecule has 2 atom stereocenters. The number of carbonyl (C=O) groups excluding carboxylic acids is 1. The number of likely N-dealkylation sites (tertiary alicyclic amines) is 1. The molecule has 1 aromatic heterocycles. The number of nitrogens with one attached hydrogen (secondary N) is 1. The Morgan fingerprint density at radius 2 is 2.05 bits per heavy atom. The van der Waals surface area contributed by atoms with Gasteiger partial charge in [0.25, 0.3) is 5.91 Å². The van der Waals surface area contributed by atoms with Gasteiger partial charge >= 0.3 is 0 Å². The van der Waals surface area contributed by atoms with Crippen molar-refractivity contribution in [3.63, 3.8) is 0 Å². The second kappa shape index (κ2) is 5.07. The topological polar surface area (TPSA) is 58.1 Å². The van der Waals surface area contributed by atoms with E-state index in [0.717, 1.165) is 30.7 Å². The summed E-state index contributed by atoms with van der Waals surface area (Å²) in [5.41, 5.74) is 2.31. The van der Waals surface area contributed by atoms with E-state index >= 15 is 0 Å². The first-order valence-electron chi connectivity index (χ1n) is 7.55. The van der Waals surface area contributed by atoms with Gasteiger partial charge in [0.2, 0.25) is 0 Å². The van der Waals surface area contributed by atoms with Crippen molar-refractivity contribution >= 4 is 16.9 Å². The molecule has 2 aliphatic heterocycles. The summed E-state index contributed by atoms with van der Waals surface area (Å²) in [6.07, 6.45) is 5.77. The minimum absolute atomic E-state index is 0.110. The molecule has 1 aromatic carbocycles. The van der Waals surface area contributed by atoms with Gasteiger partial charge in [-0.25, -0.2) is 0 Å². The molecule has 5 heteroatoms. The molecule has 0 bridgehead atoms. The molecule has 0 radical (unpaired) electrons. The number of carbonyl (C=O) groups is 1. The number of amides is 1. The summed E-state index contributed by atoms with van der Waals surface area (Å²) < 4.78 is 0. The summed E-state index contributed by atoms with van der Waals surface area (Å²) in [5, 5.41) is 3.53. The van der Waals surface area contributed by atoms with Crippen LogP contribution in [0.1, 0.15) is 23.2 Å². The lowest BCUT2D eigenvalue weighted by Gasteiger charge is -2.24. The second-order valence-electron chi connectivity index (χ2n) is 5.93. The number of hydrogen-bond acceptors (Lipinski definition) is 4. The minimum atomic E-state index is 0.110. The fourth-order valence-corrected chi connectivity index (χ4v) is 3.49. The van der Waals surface area contributed by atoms with E-state index < -0.39 is 0 Å². The Kier molecular flexibility index (Phi) is 3.07. The van der Waals surface area contributed by atoms with Crippen molar-refractivity contribution in [2.24, 2.45) is 5.92 Å². The third kappa shape index (κ3) is 2.27. The molecular formula is C16H18N4O. The van der Waals surface area contributed by atoms with Crippen molar-refractivity contribution in [1.29, 1.82) is 0 Å². The lowest BCUT2D eigenvalue weighted by atomic mass is 9.94. The van der Waals surface area contributed by atoms with Gasteiger partial charge in [-0.05, 0) is 43.5 Å². The van der Waals surface area contributed by atoms with E-state index in [0.29, 0.717) is 17.5 Å². The molecule has 2 fully saturated rings. The molecule has 0 saturated carbocycles. The van der Waals surface area contributed by atoms with Gasteiger partial charge in [-0.15, -0.1) is 0 Å². The highest BCUT2D eigenvalue weighted by atomic mass is 16.2. The molecule has 0 aliphatic carbocycles. The lowest BCUT2D eigenvalue weighted by Crippen LogP contribution is -2.41. The number of fused-ring (bicyclic) bond motifs is 2. The zero-order valence-corrected chi connectivity index (χ0v) is 11.8. The molecule has 0 spiro atoms. The molecule has 3 heterocycles. The van der Waals surface area contributed by atoms with E-state index in [-0.39, 0.29) is 5.91 Å². The summed E-state index contributed by atoms with van der Waals surface area (Å²) in [5.74, 6) is 0.724. The summed E-state index contributed by atoms with van der Waals surface area (Å²) in [4.78, 5) is 23.2. The third-order valence-corrected chi connectivity index (χ3v) is 4.60. The van der Waals surface area contributed by atoms with E-state index in [1.165, 1.54) is 12.8 Å². The van der Waals surface area contributed by atoms with Crippen LogP contribution in [0.3, 0.4) is 0 Å². The predicted octanol–water partition coefficient (Wildman–Crippen LogP) is 1.45. The van der Waals surface area contributed by atoms with Gasteiger partial charge in [-0.2, -0.15) is 0 Å². The first-order valence-corrected chi connectivity index (χ1v) is 7.55. The van der Waals surface area contributed by atoms with Crippen molar-refractivity contribution in [1.82, 2.24) is 20.2 Å². The van der Waals surface area contributed by atoms with Crippen LogP contribution in [0.4, 0.5) is 0 Å². The van der Waals surface area contributed by atoms with Crippen LogP contribution in [0.5, 0.6) is 0 Å². The van der Waals surface area contributed by atoms with Gasteiger partial charge in [-0.1, -0.05) is 0 Å². The molecule has 1 N–H and O–H groups in total. The molecule has 2 unspecified atom stereocenters. The highest BCUT2D eigenvalue weighted by Crippen LogP contribution is 2.26. The Morgan fingerprint density at radius 1 is 1.19 bits per heavy atom. The Morgan fingerprint density at radius 3 is 2.90 bits per heavy atom. The number of piperidine rings is 1. The quantitative estimate of drug-likeness (QED) is 0.860. The van der Waals surface area contributed by atoms with Crippen LogP contribution in [-0.4, -0.2) is 46.5 Å². The molecule has 2 aliphatic rings. The van der Waals surface area contributed by atoms with Crippen LogP contribution in [0.25, 0.3) is 11.0 Å². The molecule has 2 aromatic rings. The van der Waals surface area contributed by atoms with Gasteiger partial charge in [0.15, 0.2) is 0 Å². The number of hydrogen-bond donors (Lipinski definition) is 1. The molecule has 1 amide bonds. The maximum atomic E-state index is 12.7. The molecule has 108 valence electrons. The van der Waals surface area contributed by atoms with Crippen LogP contribution in [-0.2, 0) is 0 Å². The van der Waals surface area contributed by atoms with Gasteiger partial charge in [0, 0.05) is 37.1 Å². The Hall–Kier alpha value is -2.01. The van der Waals surface area contributed by atoms with Crippen molar-refractivity contribution in [3.05, 3.63) is 36.2 Å². The van der Waals surface area contributed by atoms with Crippen LogP contribution in [0, 0.1) is 5.92 Å². The fraction of sp³-hybridized carbons (Fsp3) is 0.438. The first kappa shape index (κ1) is 12.7. The van der Waals surface area contributed by atoms with E-state index in [1.54, 1.807) is 12.4 Å². The zero-order chi connectivity index (χ0) is 14.2. The number of benzene rings is 1. The van der Waals surface area contributed by atoms with Gasteiger partial charge in [0.05, 0.1) is 11.0 Å². The summed E-state index contributed by atoms with van der Waals surface area (Å²) in [6, 6.07) is 6.05. The Bertz CT molecular complexity index is 673. The van der Waals surface area contributed by atoms with Gasteiger partial charge < -0.3 is 10.2 Å². The summed E-state index contributed by atoms with van der Waals surface area (Å²) in [7, 11) is 0. The lowest BCUT2D eigenvalue weighted by molar-refractivity contribution is 0.0786. The SMILES string of the molecule is O=C(c1ccc2nccnc2c1)N1CC2CCCNC2C1. The van der Waals surface area contributed by atoms with Crippen molar-refractivity contribution in [2.45, 2.75) is 18.9 Å². The van der Waals surface area contributed by atoms with Crippen molar-refractivity contribution < 1.29 is 4.79 Å². The molecular weight excluding hydrogens is 264 g/mol. The number of aromatic nitrogens is 2. The Labute approximate surface area is 123 Å². The summed E-state index contributed by atoms with van der Waals surface area (Å²) in [6.45, 7) is 2.77. The van der Waals surface area contributed by atoms with E-state index in [9.17, 15) is 4.79 Å². The molecule has 4 rings (SSSR count). The highest BCUT2D eigenvalue weighted by Gasteiger charge is 2.36.